The van der Waals surface area contributed by atoms with Gasteiger partial charge in [-0.25, -0.2) is 13.4 Å². The van der Waals surface area contributed by atoms with Crippen molar-refractivity contribution >= 4 is 27.3 Å². The van der Waals surface area contributed by atoms with E-state index in [0.29, 0.717) is 28.6 Å². The average molecular weight is 388 g/mol. The number of sulfonamides is 1. The molecule has 2 N–H and O–H groups in total. The summed E-state index contributed by atoms with van der Waals surface area (Å²) in [6, 6.07) is 8.29. The Bertz CT molecular complexity index is 1060. The van der Waals surface area contributed by atoms with E-state index < -0.39 is 10.0 Å². The fourth-order valence-corrected chi connectivity index (χ4v) is 3.89. The van der Waals surface area contributed by atoms with Gasteiger partial charge in [-0.05, 0) is 56.2 Å². The van der Waals surface area contributed by atoms with Crippen LogP contribution in [0.25, 0.3) is 0 Å². The molecular weight excluding hydrogens is 368 g/mol. The van der Waals surface area contributed by atoms with Crippen LogP contribution in [0.15, 0.2) is 45.9 Å². The first-order valence-corrected chi connectivity index (χ1v) is 9.61. The first kappa shape index (κ1) is 18.7. The molecule has 0 spiro atoms. The van der Waals surface area contributed by atoms with Crippen molar-refractivity contribution in [3.8, 4) is 5.75 Å². The molecule has 0 unspecified atom stereocenters. The lowest BCUT2D eigenvalue weighted by Crippen LogP contribution is -2.15. The van der Waals surface area contributed by atoms with Crippen LogP contribution in [0, 0.1) is 20.8 Å². The van der Waals surface area contributed by atoms with Crippen molar-refractivity contribution in [1.29, 1.82) is 0 Å². The van der Waals surface area contributed by atoms with E-state index in [1.165, 1.54) is 6.20 Å². The monoisotopic (exact) mass is 388 g/mol. The van der Waals surface area contributed by atoms with Crippen LogP contribution in [0.3, 0.4) is 0 Å². The van der Waals surface area contributed by atoms with Gasteiger partial charge in [-0.15, -0.1) is 0 Å². The number of aryl methyl sites for hydroxylation is 3. The van der Waals surface area contributed by atoms with E-state index >= 15 is 0 Å². The highest BCUT2D eigenvalue weighted by Crippen LogP contribution is 2.27. The number of hydrogen-bond acceptors (Lipinski definition) is 7. The van der Waals surface area contributed by atoms with Gasteiger partial charge in [0.1, 0.15) is 17.3 Å². The van der Waals surface area contributed by atoms with Crippen molar-refractivity contribution in [2.45, 2.75) is 25.7 Å². The van der Waals surface area contributed by atoms with Crippen molar-refractivity contribution < 1.29 is 17.7 Å². The summed E-state index contributed by atoms with van der Waals surface area (Å²) in [7, 11) is -2.23. The predicted molar refractivity (Wildman–Crippen MR) is 102 cm³/mol. The summed E-state index contributed by atoms with van der Waals surface area (Å²) in [6.45, 7) is 5.30. The molecule has 9 heteroatoms. The van der Waals surface area contributed by atoms with E-state index in [4.69, 9.17) is 9.26 Å². The first-order chi connectivity index (χ1) is 12.8. The molecule has 3 aromatic rings. The second kappa shape index (κ2) is 7.28. The van der Waals surface area contributed by atoms with Crippen molar-refractivity contribution in [3.63, 3.8) is 0 Å². The SMILES string of the molecule is COc1cc(C)c(S(=O)(=O)Nc2ccc(Nc3cc(C)on3)cn2)cc1C. The maximum absolute atomic E-state index is 12.7. The number of nitrogens with zero attached hydrogens (tertiary/aromatic N) is 2. The summed E-state index contributed by atoms with van der Waals surface area (Å²) in [6.07, 6.45) is 1.51. The van der Waals surface area contributed by atoms with Crippen molar-refractivity contribution in [2.75, 3.05) is 17.1 Å². The lowest BCUT2D eigenvalue weighted by atomic mass is 10.1. The molecule has 1 aromatic carbocycles. The number of ether oxygens (including phenoxy) is 1. The molecule has 0 aliphatic carbocycles. The number of aromatic nitrogens is 2. The van der Waals surface area contributed by atoms with Crippen LogP contribution in [-0.4, -0.2) is 25.7 Å². The van der Waals surface area contributed by atoms with Crippen LogP contribution in [0.4, 0.5) is 17.3 Å². The number of anilines is 3. The zero-order valence-corrected chi connectivity index (χ0v) is 16.2. The topological polar surface area (TPSA) is 106 Å². The van der Waals surface area contributed by atoms with Crippen LogP contribution in [0.2, 0.25) is 0 Å². The van der Waals surface area contributed by atoms with Gasteiger partial charge in [-0.2, -0.15) is 0 Å². The molecule has 0 aliphatic heterocycles. The second-order valence-electron chi connectivity index (χ2n) is 6.07. The minimum Gasteiger partial charge on any atom is -0.496 e. The van der Waals surface area contributed by atoms with Crippen LogP contribution in [-0.2, 0) is 10.0 Å². The Kier molecular flexibility index (Phi) is 5.04. The predicted octanol–water partition coefficient (Wildman–Crippen LogP) is 3.55. The number of hydrogen-bond donors (Lipinski definition) is 2. The van der Waals surface area contributed by atoms with E-state index in [9.17, 15) is 8.42 Å². The maximum atomic E-state index is 12.7. The Morgan fingerprint density at radius 1 is 1.04 bits per heavy atom. The first-order valence-electron chi connectivity index (χ1n) is 8.13. The smallest absolute Gasteiger partial charge is 0.263 e. The summed E-state index contributed by atoms with van der Waals surface area (Å²) in [5.41, 5.74) is 1.98. The molecule has 0 fully saturated rings. The van der Waals surface area contributed by atoms with Crippen molar-refractivity contribution in [2.24, 2.45) is 0 Å². The minimum atomic E-state index is -3.78. The van der Waals surface area contributed by atoms with E-state index in [-0.39, 0.29) is 10.7 Å². The van der Waals surface area contributed by atoms with Gasteiger partial charge < -0.3 is 14.6 Å². The highest BCUT2D eigenvalue weighted by atomic mass is 32.2. The molecule has 2 heterocycles. The molecule has 0 saturated heterocycles. The van der Waals surface area contributed by atoms with Crippen molar-refractivity contribution in [3.05, 3.63) is 53.4 Å². The molecule has 0 bridgehead atoms. The number of rotatable bonds is 6. The molecule has 2 aromatic heterocycles. The largest absolute Gasteiger partial charge is 0.496 e. The molecule has 0 aliphatic rings. The Hall–Kier alpha value is -3.07. The van der Waals surface area contributed by atoms with Gasteiger partial charge in [0.2, 0.25) is 0 Å². The zero-order chi connectivity index (χ0) is 19.6. The lowest BCUT2D eigenvalue weighted by molar-refractivity contribution is 0.400. The molecule has 8 nitrogen and oxygen atoms in total. The Labute approximate surface area is 157 Å². The highest BCUT2D eigenvalue weighted by Gasteiger charge is 2.19. The van der Waals surface area contributed by atoms with E-state index in [2.05, 4.69) is 20.2 Å². The molecule has 0 amide bonds. The number of benzene rings is 1. The third-order valence-electron chi connectivity index (χ3n) is 3.88. The minimum absolute atomic E-state index is 0.183. The highest BCUT2D eigenvalue weighted by molar-refractivity contribution is 7.92. The van der Waals surface area contributed by atoms with E-state index in [0.717, 1.165) is 5.56 Å². The number of methoxy groups -OCH3 is 1. The third-order valence-corrected chi connectivity index (χ3v) is 5.38. The van der Waals surface area contributed by atoms with Gasteiger partial charge in [0.25, 0.3) is 10.0 Å². The van der Waals surface area contributed by atoms with Gasteiger partial charge in [0.15, 0.2) is 5.82 Å². The maximum Gasteiger partial charge on any atom is 0.263 e. The Morgan fingerprint density at radius 2 is 1.81 bits per heavy atom. The van der Waals surface area contributed by atoms with Crippen LogP contribution in [0.1, 0.15) is 16.9 Å². The summed E-state index contributed by atoms with van der Waals surface area (Å²) >= 11 is 0. The molecular formula is C18H20N4O4S. The van der Waals surface area contributed by atoms with E-state index in [1.54, 1.807) is 58.2 Å². The number of pyridine rings is 1. The summed E-state index contributed by atoms with van der Waals surface area (Å²) < 4.78 is 38.1. The molecule has 27 heavy (non-hydrogen) atoms. The summed E-state index contributed by atoms with van der Waals surface area (Å²) in [5, 5.41) is 6.85. The van der Waals surface area contributed by atoms with Crippen LogP contribution < -0.4 is 14.8 Å². The molecule has 0 radical (unpaired) electrons. The standard InChI is InChI=1S/C18H20N4O4S/c1-11-8-16(12(2)7-15(11)25-4)27(23,24)22-17-6-5-14(10-19-17)20-18-9-13(3)26-21-18/h5-10H,1-4H3,(H,19,22)(H,20,21). The van der Waals surface area contributed by atoms with E-state index in [1.807, 2.05) is 0 Å². The second-order valence-corrected chi connectivity index (χ2v) is 7.72. The quantitative estimate of drug-likeness (QED) is 0.665. The summed E-state index contributed by atoms with van der Waals surface area (Å²) in [5.74, 6) is 2.08. The van der Waals surface area contributed by atoms with Gasteiger partial charge in [0.05, 0.1) is 23.9 Å². The third kappa shape index (κ3) is 4.20. The van der Waals surface area contributed by atoms with Gasteiger partial charge in [0, 0.05) is 6.07 Å². The average Bonchev–Trinajstić information content (AvgIpc) is 3.02. The van der Waals surface area contributed by atoms with Crippen LogP contribution >= 0.6 is 0 Å². The van der Waals surface area contributed by atoms with Gasteiger partial charge >= 0.3 is 0 Å². The molecule has 142 valence electrons. The molecule has 0 saturated carbocycles. The van der Waals surface area contributed by atoms with Crippen molar-refractivity contribution in [1.82, 2.24) is 10.1 Å². The normalized spacial score (nSPS) is 11.3. The zero-order valence-electron chi connectivity index (χ0n) is 15.4. The van der Waals surface area contributed by atoms with Gasteiger partial charge in [-0.3, -0.25) is 4.72 Å². The summed E-state index contributed by atoms with van der Waals surface area (Å²) in [4.78, 5) is 4.33. The Morgan fingerprint density at radius 3 is 2.41 bits per heavy atom. The van der Waals surface area contributed by atoms with Gasteiger partial charge in [-0.1, -0.05) is 5.16 Å². The fraction of sp³-hybridized carbons (Fsp3) is 0.222. The molecule has 3 rings (SSSR count). The lowest BCUT2D eigenvalue weighted by Gasteiger charge is -2.13. The number of nitrogens with one attached hydrogen (secondary N) is 2. The molecule has 0 atom stereocenters. The fourth-order valence-electron chi connectivity index (χ4n) is 2.57. The Balaban J connectivity index is 1.79. The van der Waals surface area contributed by atoms with Crippen LogP contribution in [0.5, 0.6) is 5.75 Å².